The lowest BCUT2D eigenvalue weighted by molar-refractivity contribution is -0.117. The number of methoxy groups -OCH3 is 1. The molecule has 2 N–H and O–H groups in total. The van der Waals surface area contributed by atoms with Gasteiger partial charge in [-0.2, -0.15) is 0 Å². The summed E-state index contributed by atoms with van der Waals surface area (Å²) < 4.78 is 10.6. The van der Waals surface area contributed by atoms with E-state index in [1.54, 1.807) is 25.1 Å². The van der Waals surface area contributed by atoms with Crippen LogP contribution in [0.1, 0.15) is 36.5 Å². The van der Waals surface area contributed by atoms with Crippen LogP contribution in [0.25, 0.3) is 0 Å². The van der Waals surface area contributed by atoms with Crippen molar-refractivity contribution in [3.8, 4) is 11.5 Å². The van der Waals surface area contributed by atoms with E-state index in [1.165, 1.54) is 7.11 Å². The number of ether oxygens (including phenoxy) is 2. The number of rotatable bonds is 8. The molecule has 0 aromatic heterocycles. The number of carbonyl (C=O) groups is 2. The predicted molar refractivity (Wildman–Crippen MR) is 71.5 cm³/mol. The van der Waals surface area contributed by atoms with Gasteiger partial charge in [0.1, 0.15) is 17.3 Å². The summed E-state index contributed by atoms with van der Waals surface area (Å²) >= 11 is 0. The molecule has 0 aliphatic rings. The molecule has 5 heteroatoms. The molecule has 0 saturated heterocycles. The largest absolute Gasteiger partial charge is 0.497 e. The highest BCUT2D eigenvalue weighted by Gasteiger charge is 2.06. The van der Waals surface area contributed by atoms with E-state index in [2.05, 4.69) is 0 Å². The average molecular weight is 265 g/mol. The minimum absolute atomic E-state index is 0.178. The number of primary amides is 1. The summed E-state index contributed by atoms with van der Waals surface area (Å²) in [5.41, 5.74) is 5.57. The standard InChI is InChI=1S/C14H19NO4/c1-10(16)5-3-4-6-19-13-8-11(14(15)17)7-12(9-13)18-2/h7-9H,3-6H2,1-2H3,(H2,15,17). The molecule has 1 aromatic carbocycles. The number of amides is 1. The van der Waals surface area contributed by atoms with Crippen molar-refractivity contribution in [1.29, 1.82) is 0 Å². The van der Waals surface area contributed by atoms with E-state index in [4.69, 9.17) is 15.2 Å². The lowest BCUT2D eigenvalue weighted by atomic mass is 10.2. The van der Waals surface area contributed by atoms with Gasteiger partial charge in [0.05, 0.1) is 13.7 Å². The number of unbranched alkanes of at least 4 members (excludes halogenated alkanes) is 1. The van der Waals surface area contributed by atoms with Crippen molar-refractivity contribution in [2.24, 2.45) is 5.73 Å². The first-order valence-electron chi connectivity index (χ1n) is 6.14. The van der Waals surface area contributed by atoms with Crippen molar-refractivity contribution in [2.45, 2.75) is 26.2 Å². The number of Topliss-reactive ketones (excluding diaryl/α,β-unsaturated/α-hetero) is 1. The van der Waals surface area contributed by atoms with Gasteiger partial charge in [-0.15, -0.1) is 0 Å². The Morgan fingerprint density at radius 3 is 2.42 bits per heavy atom. The van der Waals surface area contributed by atoms with E-state index < -0.39 is 5.91 Å². The second-order valence-electron chi connectivity index (χ2n) is 4.27. The highest BCUT2D eigenvalue weighted by molar-refractivity contribution is 5.93. The Labute approximate surface area is 112 Å². The Hall–Kier alpha value is -2.04. The van der Waals surface area contributed by atoms with Crippen molar-refractivity contribution in [1.82, 2.24) is 0 Å². The Morgan fingerprint density at radius 1 is 1.16 bits per heavy atom. The van der Waals surface area contributed by atoms with Gasteiger partial charge in [-0.25, -0.2) is 0 Å². The molecule has 0 bridgehead atoms. The Bertz CT molecular complexity index is 457. The smallest absolute Gasteiger partial charge is 0.248 e. The highest BCUT2D eigenvalue weighted by atomic mass is 16.5. The molecule has 0 spiro atoms. The molecule has 0 heterocycles. The normalized spacial score (nSPS) is 10.0. The molecule has 1 rings (SSSR count). The number of hydrogen-bond acceptors (Lipinski definition) is 4. The van der Waals surface area contributed by atoms with Crippen molar-refractivity contribution >= 4 is 11.7 Å². The molecule has 19 heavy (non-hydrogen) atoms. The predicted octanol–water partition coefficient (Wildman–Crippen LogP) is 1.93. The van der Waals surface area contributed by atoms with E-state index in [-0.39, 0.29) is 5.78 Å². The molecule has 0 atom stereocenters. The Kier molecular flexibility index (Phi) is 5.85. The maximum Gasteiger partial charge on any atom is 0.248 e. The zero-order valence-electron chi connectivity index (χ0n) is 11.3. The van der Waals surface area contributed by atoms with Crippen LogP contribution < -0.4 is 15.2 Å². The van der Waals surface area contributed by atoms with Crippen LogP contribution in [0.15, 0.2) is 18.2 Å². The van der Waals surface area contributed by atoms with Crippen LogP contribution in [0.2, 0.25) is 0 Å². The molecule has 0 aliphatic carbocycles. The molecule has 0 radical (unpaired) electrons. The minimum Gasteiger partial charge on any atom is -0.497 e. The van der Waals surface area contributed by atoms with Gasteiger partial charge >= 0.3 is 0 Å². The highest BCUT2D eigenvalue weighted by Crippen LogP contribution is 2.22. The summed E-state index contributed by atoms with van der Waals surface area (Å²) in [6.07, 6.45) is 2.14. The van der Waals surface area contributed by atoms with Crippen LogP contribution >= 0.6 is 0 Å². The van der Waals surface area contributed by atoms with Gasteiger partial charge in [-0.3, -0.25) is 4.79 Å². The first-order valence-corrected chi connectivity index (χ1v) is 6.14. The lowest BCUT2D eigenvalue weighted by Gasteiger charge is -2.09. The topological polar surface area (TPSA) is 78.6 Å². The summed E-state index contributed by atoms with van der Waals surface area (Å²) in [7, 11) is 1.51. The summed E-state index contributed by atoms with van der Waals surface area (Å²) in [5, 5.41) is 0. The maximum atomic E-state index is 11.1. The first-order chi connectivity index (χ1) is 9.02. The summed E-state index contributed by atoms with van der Waals surface area (Å²) in [4.78, 5) is 21.9. The van der Waals surface area contributed by atoms with Crippen molar-refractivity contribution in [2.75, 3.05) is 13.7 Å². The average Bonchev–Trinajstić information content (AvgIpc) is 2.37. The SMILES string of the molecule is COc1cc(OCCCCC(C)=O)cc(C(N)=O)c1. The van der Waals surface area contributed by atoms with Gasteiger partial charge in [-0.1, -0.05) is 0 Å². The zero-order valence-corrected chi connectivity index (χ0v) is 11.3. The van der Waals surface area contributed by atoms with Gasteiger partial charge in [-0.05, 0) is 31.9 Å². The third-order valence-electron chi connectivity index (χ3n) is 2.59. The van der Waals surface area contributed by atoms with Gasteiger partial charge in [0.25, 0.3) is 0 Å². The van der Waals surface area contributed by atoms with E-state index in [0.29, 0.717) is 30.1 Å². The second kappa shape index (κ2) is 7.41. The number of nitrogens with two attached hydrogens (primary N) is 1. The van der Waals surface area contributed by atoms with Crippen molar-refractivity contribution < 1.29 is 19.1 Å². The van der Waals surface area contributed by atoms with Gasteiger partial charge in [0, 0.05) is 18.1 Å². The third kappa shape index (κ3) is 5.42. The summed E-state index contributed by atoms with van der Waals surface area (Å²) in [6.45, 7) is 2.06. The number of benzene rings is 1. The summed E-state index contributed by atoms with van der Waals surface area (Å²) in [6, 6.07) is 4.83. The van der Waals surface area contributed by atoms with Crippen LogP contribution in [-0.2, 0) is 4.79 Å². The van der Waals surface area contributed by atoms with E-state index >= 15 is 0 Å². The molecule has 104 valence electrons. The van der Waals surface area contributed by atoms with Crippen molar-refractivity contribution in [3.05, 3.63) is 23.8 Å². The van der Waals surface area contributed by atoms with Crippen molar-refractivity contribution in [3.63, 3.8) is 0 Å². The van der Waals surface area contributed by atoms with E-state index in [0.717, 1.165) is 12.8 Å². The molecule has 0 aliphatic heterocycles. The molecule has 0 saturated carbocycles. The maximum absolute atomic E-state index is 11.1. The van der Waals surface area contributed by atoms with Crippen LogP contribution in [0, 0.1) is 0 Å². The Balaban J connectivity index is 2.55. The number of carbonyl (C=O) groups excluding carboxylic acids is 2. The molecule has 1 amide bonds. The van der Waals surface area contributed by atoms with Crippen LogP contribution in [0.3, 0.4) is 0 Å². The molecular weight excluding hydrogens is 246 g/mol. The van der Waals surface area contributed by atoms with Gasteiger partial charge in [0.2, 0.25) is 5.91 Å². The number of hydrogen-bond donors (Lipinski definition) is 1. The lowest BCUT2D eigenvalue weighted by Crippen LogP contribution is -2.11. The van der Waals surface area contributed by atoms with E-state index in [1.807, 2.05) is 0 Å². The minimum atomic E-state index is -0.527. The number of ketones is 1. The Morgan fingerprint density at radius 2 is 1.84 bits per heavy atom. The molecule has 0 unspecified atom stereocenters. The fraction of sp³-hybridized carbons (Fsp3) is 0.429. The van der Waals surface area contributed by atoms with Gasteiger partial charge < -0.3 is 20.0 Å². The molecule has 0 fully saturated rings. The van der Waals surface area contributed by atoms with Gasteiger partial charge in [0.15, 0.2) is 0 Å². The molecule has 5 nitrogen and oxygen atoms in total. The monoisotopic (exact) mass is 265 g/mol. The fourth-order valence-corrected chi connectivity index (χ4v) is 1.58. The van der Waals surface area contributed by atoms with Crippen LogP contribution in [-0.4, -0.2) is 25.4 Å². The van der Waals surface area contributed by atoms with E-state index in [9.17, 15) is 9.59 Å². The van der Waals surface area contributed by atoms with Crippen LogP contribution in [0.4, 0.5) is 0 Å². The molecule has 1 aromatic rings. The first kappa shape index (κ1) is 15.0. The zero-order chi connectivity index (χ0) is 14.3. The fourth-order valence-electron chi connectivity index (χ4n) is 1.58. The molecular formula is C14H19NO4. The second-order valence-corrected chi connectivity index (χ2v) is 4.27. The third-order valence-corrected chi connectivity index (χ3v) is 2.59. The summed E-state index contributed by atoms with van der Waals surface area (Å²) in [5.74, 6) is 0.712. The van der Waals surface area contributed by atoms with Crippen LogP contribution in [0.5, 0.6) is 11.5 Å². The quantitative estimate of drug-likeness (QED) is 0.728.